The molecule has 2 N–H and O–H groups in total. The second-order valence-electron chi connectivity index (χ2n) is 3.73. The standard InChI is InChI=1S/C11H13N3O2S3/c12-7-9-2-1-3-10(6-9)19(15,16)5-4-17-11-13-8-14-18-11/h1-3,6,8H,4-5,7,12H2. The van der Waals surface area contributed by atoms with Crippen LogP contribution in [0.15, 0.2) is 39.8 Å². The molecule has 0 fully saturated rings. The third kappa shape index (κ3) is 4.00. The highest BCUT2D eigenvalue weighted by Gasteiger charge is 2.15. The van der Waals surface area contributed by atoms with Crippen molar-refractivity contribution in [2.75, 3.05) is 11.5 Å². The molecular formula is C11H13N3O2S3. The van der Waals surface area contributed by atoms with E-state index in [0.717, 1.165) is 9.90 Å². The molecule has 1 heterocycles. The van der Waals surface area contributed by atoms with Crippen LogP contribution in [-0.4, -0.2) is 29.3 Å². The fraction of sp³-hybridized carbons (Fsp3) is 0.273. The Balaban J connectivity index is 2.01. The topological polar surface area (TPSA) is 85.9 Å². The Labute approximate surface area is 120 Å². The lowest BCUT2D eigenvalue weighted by Gasteiger charge is -2.05. The largest absolute Gasteiger partial charge is 0.326 e. The van der Waals surface area contributed by atoms with Crippen molar-refractivity contribution < 1.29 is 8.42 Å². The van der Waals surface area contributed by atoms with Gasteiger partial charge in [-0.1, -0.05) is 23.9 Å². The highest BCUT2D eigenvalue weighted by atomic mass is 32.2. The molecule has 1 aromatic heterocycles. The van der Waals surface area contributed by atoms with Crippen molar-refractivity contribution in [3.05, 3.63) is 36.2 Å². The van der Waals surface area contributed by atoms with Crippen LogP contribution in [0.1, 0.15) is 5.56 Å². The minimum absolute atomic E-state index is 0.0747. The first-order chi connectivity index (χ1) is 9.12. The molecule has 2 rings (SSSR count). The molecular weight excluding hydrogens is 302 g/mol. The zero-order valence-corrected chi connectivity index (χ0v) is 12.5. The van der Waals surface area contributed by atoms with E-state index < -0.39 is 9.84 Å². The third-order valence-electron chi connectivity index (χ3n) is 2.41. The van der Waals surface area contributed by atoms with E-state index in [9.17, 15) is 8.42 Å². The molecule has 0 unspecified atom stereocenters. The van der Waals surface area contributed by atoms with Crippen molar-refractivity contribution in [2.45, 2.75) is 15.8 Å². The number of aromatic nitrogens is 2. The van der Waals surface area contributed by atoms with Crippen molar-refractivity contribution >= 4 is 33.1 Å². The molecule has 5 nitrogen and oxygen atoms in total. The highest BCUT2D eigenvalue weighted by Crippen LogP contribution is 2.20. The van der Waals surface area contributed by atoms with Crippen LogP contribution in [0.25, 0.3) is 0 Å². The van der Waals surface area contributed by atoms with E-state index in [1.165, 1.54) is 29.6 Å². The molecule has 0 atom stereocenters. The van der Waals surface area contributed by atoms with Crippen molar-refractivity contribution in [2.24, 2.45) is 5.73 Å². The molecule has 0 spiro atoms. The van der Waals surface area contributed by atoms with Gasteiger partial charge in [0.1, 0.15) is 6.33 Å². The molecule has 0 saturated heterocycles. The fourth-order valence-corrected chi connectivity index (χ4v) is 4.68. The average Bonchev–Trinajstić information content (AvgIpc) is 2.92. The zero-order valence-electron chi connectivity index (χ0n) is 10.0. The first-order valence-electron chi connectivity index (χ1n) is 5.53. The van der Waals surface area contributed by atoms with Crippen LogP contribution in [0, 0.1) is 0 Å². The first kappa shape index (κ1) is 14.4. The number of nitrogens with zero attached hydrogens (tertiary/aromatic N) is 2. The van der Waals surface area contributed by atoms with Gasteiger partial charge in [-0.15, -0.1) is 0 Å². The molecule has 0 radical (unpaired) electrons. The number of hydrogen-bond acceptors (Lipinski definition) is 7. The summed E-state index contributed by atoms with van der Waals surface area (Å²) in [5, 5.41) is 0. The lowest BCUT2D eigenvalue weighted by molar-refractivity contribution is 0.597. The molecule has 0 aliphatic rings. The number of benzene rings is 1. The minimum Gasteiger partial charge on any atom is -0.326 e. The fourth-order valence-electron chi connectivity index (χ4n) is 1.45. The smallest absolute Gasteiger partial charge is 0.179 e. The van der Waals surface area contributed by atoms with E-state index >= 15 is 0 Å². The summed E-state index contributed by atoms with van der Waals surface area (Å²) in [6.07, 6.45) is 1.46. The molecule has 2 aromatic rings. The molecule has 8 heteroatoms. The van der Waals surface area contributed by atoms with E-state index in [1.807, 2.05) is 6.07 Å². The van der Waals surface area contributed by atoms with Crippen LogP contribution in [0.3, 0.4) is 0 Å². The maximum absolute atomic E-state index is 12.1. The number of rotatable bonds is 6. The maximum atomic E-state index is 12.1. The zero-order chi connectivity index (χ0) is 13.7. The SMILES string of the molecule is NCc1cccc(S(=O)(=O)CCSc2ncns2)c1. The summed E-state index contributed by atoms with van der Waals surface area (Å²) < 4.78 is 28.9. The Hall–Kier alpha value is -0.960. The van der Waals surface area contributed by atoms with Crippen molar-refractivity contribution in [3.8, 4) is 0 Å². The first-order valence-corrected chi connectivity index (χ1v) is 8.94. The number of thioether (sulfide) groups is 1. The molecule has 1 aromatic carbocycles. The third-order valence-corrected chi connectivity index (χ3v) is 6.18. The van der Waals surface area contributed by atoms with E-state index in [0.29, 0.717) is 17.2 Å². The number of sulfone groups is 1. The minimum atomic E-state index is -3.27. The van der Waals surface area contributed by atoms with Crippen LogP contribution in [-0.2, 0) is 16.4 Å². The number of nitrogens with two attached hydrogens (primary N) is 1. The van der Waals surface area contributed by atoms with Gasteiger partial charge in [0, 0.05) is 12.3 Å². The summed E-state index contributed by atoms with van der Waals surface area (Å²) in [4.78, 5) is 4.32. The van der Waals surface area contributed by atoms with Crippen LogP contribution in [0.5, 0.6) is 0 Å². The predicted octanol–water partition coefficient (Wildman–Crippen LogP) is 1.56. The molecule has 0 amide bonds. The summed E-state index contributed by atoms with van der Waals surface area (Å²) in [6, 6.07) is 6.76. The average molecular weight is 315 g/mol. The van der Waals surface area contributed by atoms with Crippen molar-refractivity contribution in [1.82, 2.24) is 9.36 Å². The quantitative estimate of drug-likeness (QED) is 0.814. The van der Waals surface area contributed by atoms with E-state index in [2.05, 4.69) is 9.36 Å². The van der Waals surface area contributed by atoms with Gasteiger partial charge in [0.15, 0.2) is 14.2 Å². The van der Waals surface area contributed by atoms with E-state index in [-0.39, 0.29) is 5.75 Å². The Kier molecular flexibility index (Phi) is 4.92. The van der Waals surface area contributed by atoms with Gasteiger partial charge in [-0.05, 0) is 29.2 Å². The summed E-state index contributed by atoms with van der Waals surface area (Å²) in [6.45, 7) is 0.336. The lowest BCUT2D eigenvalue weighted by atomic mass is 10.2. The van der Waals surface area contributed by atoms with Gasteiger partial charge in [-0.2, -0.15) is 4.37 Å². The van der Waals surface area contributed by atoms with Crippen molar-refractivity contribution in [1.29, 1.82) is 0 Å². The van der Waals surface area contributed by atoms with Gasteiger partial charge in [-0.25, -0.2) is 13.4 Å². The number of hydrogen-bond donors (Lipinski definition) is 1. The van der Waals surface area contributed by atoms with Gasteiger partial charge in [0.25, 0.3) is 0 Å². The van der Waals surface area contributed by atoms with Crippen molar-refractivity contribution in [3.63, 3.8) is 0 Å². The van der Waals surface area contributed by atoms with Crippen LogP contribution < -0.4 is 5.73 Å². The summed E-state index contributed by atoms with van der Waals surface area (Å²) in [5.74, 6) is 0.537. The van der Waals surface area contributed by atoms with Crippen LogP contribution in [0.2, 0.25) is 0 Å². The summed E-state index contributed by atoms with van der Waals surface area (Å²) in [5.41, 5.74) is 6.33. The Bertz CT molecular complexity index is 626. The van der Waals surface area contributed by atoms with Gasteiger partial charge in [0.05, 0.1) is 10.6 Å². The predicted molar refractivity (Wildman–Crippen MR) is 77.0 cm³/mol. The Morgan fingerprint density at radius 1 is 1.37 bits per heavy atom. The second kappa shape index (κ2) is 6.47. The molecule has 102 valence electrons. The van der Waals surface area contributed by atoms with Crippen LogP contribution in [0.4, 0.5) is 0 Å². The monoisotopic (exact) mass is 315 g/mol. The molecule has 0 saturated carbocycles. The van der Waals surface area contributed by atoms with Gasteiger partial charge >= 0.3 is 0 Å². The molecule has 19 heavy (non-hydrogen) atoms. The lowest BCUT2D eigenvalue weighted by Crippen LogP contribution is -2.09. The highest BCUT2D eigenvalue weighted by molar-refractivity contribution is 8.02. The normalized spacial score (nSPS) is 11.6. The Morgan fingerprint density at radius 3 is 2.89 bits per heavy atom. The second-order valence-corrected chi connectivity index (χ2v) is 7.96. The van der Waals surface area contributed by atoms with Crippen LogP contribution >= 0.6 is 23.3 Å². The molecule has 0 bridgehead atoms. The summed E-state index contributed by atoms with van der Waals surface area (Å²) >= 11 is 2.67. The maximum Gasteiger partial charge on any atom is 0.179 e. The summed E-state index contributed by atoms with van der Waals surface area (Å²) in [7, 11) is -3.27. The van der Waals surface area contributed by atoms with Gasteiger partial charge in [-0.3, -0.25) is 0 Å². The molecule has 0 aliphatic heterocycles. The van der Waals surface area contributed by atoms with Gasteiger partial charge < -0.3 is 5.73 Å². The van der Waals surface area contributed by atoms with E-state index in [4.69, 9.17) is 5.73 Å². The van der Waals surface area contributed by atoms with Gasteiger partial charge in [0.2, 0.25) is 0 Å². The van der Waals surface area contributed by atoms with E-state index in [1.54, 1.807) is 18.2 Å². The molecule has 0 aliphatic carbocycles. The Morgan fingerprint density at radius 2 is 2.21 bits per heavy atom.